The summed E-state index contributed by atoms with van der Waals surface area (Å²) in [5.41, 5.74) is 0. The van der Waals surface area contributed by atoms with E-state index >= 15 is 0 Å². The molecule has 0 bridgehead atoms. The van der Waals surface area contributed by atoms with Crippen LogP contribution in [0.5, 0.6) is 5.75 Å². The predicted molar refractivity (Wildman–Crippen MR) is 61.5 cm³/mol. The zero-order valence-corrected chi connectivity index (χ0v) is 11.3. The van der Waals surface area contributed by atoms with E-state index in [0.29, 0.717) is 5.75 Å². The van der Waals surface area contributed by atoms with E-state index in [0.717, 1.165) is 4.47 Å². The van der Waals surface area contributed by atoms with Crippen molar-refractivity contribution in [2.75, 3.05) is 13.2 Å². The molecule has 0 saturated carbocycles. The Morgan fingerprint density at radius 1 is 0.900 bits per heavy atom. The summed E-state index contributed by atoms with van der Waals surface area (Å²) < 4.78 is 82.3. The molecule has 1 aromatic carbocycles. The highest BCUT2D eigenvalue weighted by Crippen LogP contribution is 2.35. The van der Waals surface area contributed by atoms with Gasteiger partial charge in [0.15, 0.2) is 0 Å². The van der Waals surface area contributed by atoms with Crippen LogP contribution in [0.2, 0.25) is 0 Å². The molecule has 0 heterocycles. The molecule has 1 aromatic rings. The third-order valence-electron chi connectivity index (χ3n) is 2.04. The van der Waals surface area contributed by atoms with Gasteiger partial charge in [-0.05, 0) is 24.3 Å². The van der Waals surface area contributed by atoms with Gasteiger partial charge in [-0.15, -0.1) is 0 Å². The van der Waals surface area contributed by atoms with Crippen LogP contribution >= 0.6 is 15.9 Å². The smallest absolute Gasteiger partial charge is 0.423 e. The third-order valence-corrected chi connectivity index (χ3v) is 2.57. The third kappa shape index (κ3) is 5.58. The summed E-state index contributed by atoms with van der Waals surface area (Å²) in [4.78, 5) is 0. The zero-order chi connectivity index (χ0) is 15.4. The number of ether oxygens (including phenoxy) is 2. The van der Waals surface area contributed by atoms with Gasteiger partial charge < -0.3 is 9.47 Å². The second-order valence-corrected chi connectivity index (χ2v) is 4.55. The first-order valence-corrected chi connectivity index (χ1v) is 6.03. The normalized spacial score (nSPS) is 12.8. The summed E-state index contributed by atoms with van der Waals surface area (Å²) in [5, 5.41) is 0. The predicted octanol–water partition coefficient (Wildman–Crippen LogP) is 4.34. The SMILES string of the molecule is FC(F)(F)C(OCCOc1ccc(Br)cc1)C(F)(F)F. The minimum absolute atomic E-state index is 0.312. The summed E-state index contributed by atoms with van der Waals surface area (Å²) in [6, 6.07) is 6.25. The minimum Gasteiger partial charge on any atom is -0.491 e. The van der Waals surface area contributed by atoms with Crippen molar-refractivity contribution < 1.29 is 35.8 Å². The quantitative estimate of drug-likeness (QED) is 0.570. The van der Waals surface area contributed by atoms with Crippen LogP contribution in [0.3, 0.4) is 0 Å². The molecule has 2 nitrogen and oxygen atoms in total. The van der Waals surface area contributed by atoms with Crippen molar-refractivity contribution in [2.24, 2.45) is 0 Å². The van der Waals surface area contributed by atoms with E-state index in [4.69, 9.17) is 4.74 Å². The van der Waals surface area contributed by atoms with Crippen molar-refractivity contribution in [1.29, 1.82) is 0 Å². The molecule has 20 heavy (non-hydrogen) atoms. The molecule has 0 unspecified atom stereocenters. The molecule has 0 spiro atoms. The molecular weight excluding hydrogens is 358 g/mol. The van der Waals surface area contributed by atoms with Gasteiger partial charge in [0, 0.05) is 4.47 Å². The van der Waals surface area contributed by atoms with Crippen LogP contribution in [-0.2, 0) is 4.74 Å². The number of alkyl halides is 6. The van der Waals surface area contributed by atoms with Gasteiger partial charge in [-0.25, -0.2) is 0 Å². The fraction of sp³-hybridized carbons (Fsp3) is 0.455. The lowest BCUT2D eigenvalue weighted by atomic mass is 10.3. The maximum atomic E-state index is 12.1. The molecule has 9 heteroatoms. The van der Waals surface area contributed by atoms with Crippen LogP contribution in [0.4, 0.5) is 26.3 Å². The summed E-state index contributed by atoms with van der Waals surface area (Å²) >= 11 is 3.16. The van der Waals surface area contributed by atoms with Crippen LogP contribution in [0.25, 0.3) is 0 Å². The fourth-order valence-corrected chi connectivity index (χ4v) is 1.50. The van der Waals surface area contributed by atoms with Gasteiger partial charge in [0.2, 0.25) is 6.10 Å². The van der Waals surface area contributed by atoms with Crippen LogP contribution in [-0.4, -0.2) is 31.7 Å². The van der Waals surface area contributed by atoms with Gasteiger partial charge in [-0.3, -0.25) is 0 Å². The van der Waals surface area contributed by atoms with E-state index in [2.05, 4.69) is 20.7 Å². The summed E-state index contributed by atoms with van der Waals surface area (Å²) in [5.74, 6) is 0.312. The van der Waals surface area contributed by atoms with Crippen molar-refractivity contribution in [3.05, 3.63) is 28.7 Å². The van der Waals surface area contributed by atoms with E-state index in [1.54, 1.807) is 12.1 Å². The molecule has 0 aliphatic carbocycles. The number of benzene rings is 1. The Hall–Kier alpha value is -0.960. The van der Waals surface area contributed by atoms with Gasteiger partial charge >= 0.3 is 12.4 Å². The molecule has 0 N–H and O–H groups in total. The fourth-order valence-electron chi connectivity index (χ4n) is 1.23. The van der Waals surface area contributed by atoms with E-state index < -0.39 is 31.7 Å². The lowest BCUT2D eigenvalue weighted by Gasteiger charge is -2.23. The first-order chi connectivity index (χ1) is 9.10. The summed E-state index contributed by atoms with van der Waals surface area (Å²) in [7, 11) is 0. The van der Waals surface area contributed by atoms with Gasteiger partial charge in [0.05, 0.1) is 6.61 Å². The van der Waals surface area contributed by atoms with Crippen molar-refractivity contribution in [3.8, 4) is 5.75 Å². The largest absolute Gasteiger partial charge is 0.491 e. The van der Waals surface area contributed by atoms with Crippen LogP contribution in [0.1, 0.15) is 0 Å². The molecular formula is C11H9BrF6O2. The molecule has 0 atom stereocenters. The lowest BCUT2D eigenvalue weighted by molar-refractivity contribution is -0.322. The van der Waals surface area contributed by atoms with Gasteiger partial charge in [-0.1, -0.05) is 15.9 Å². The van der Waals surface area contributed by atoms with Crippen LogP contribution in [0.15, 0.2) is 28.7 Å². The van der Waals surface area contributed by atoms with E-state index in [-0.39, 0.29) is 0 Å². The summed E-state index contributed by atoms with van der Waals surface area (Å²) in [6.45, 7) is -1.26. The van der Waals surface area contributed by atoms with Gasteiger partial charge in [0.1, 0.15) is 12.4 Å². The molecule has 0 aliphatic heterocycles. The monoisotopic (exact) mass is 366 g/mol. The maximum Gasteiger partial charge on any atom is 0.423 e. The standard InChI is InChI=1S/C11H9BrF6O2/c12-7-1-3-8(4-2-7)19-5-6-20-9(10(13,14)15)11(16,17)18/h1-4,9H,5-6H2. The number of hydrogen-bond acceptors (Lipinski definition) is 2. The van der Waals surface area contributed by atoms with Crippen molar-refractivity contribution >= 4 is 15.9 Å². The second-order valence-electron chi connectivity index (χ2n) is 3.64. The van der Waals surface area contributed by atoms with E-state index in [1.807, 2.05) is 0 Å². The maximum absolute atomic E-state index is 12.1. The Morgan fingerprint density at radius 3 is 1.85 bits per heavy atom. The Morgan fingerprint density at radius 2 is 1.40 bits per heavy atom. The first kappa shape index (κ1) is 17.1. The lowest BCUT2D eigenvalue weighted by Crippen LogP contribution is -2.44. The molecule has 0 aliphatic rings. The highest BCUT2D eigenvalue weighted by Gasteiger charge is 2.57. The Kier molecular flexibility index (Phi) is 5.69. The van der Waals surface area contributed by atoms with Crippen LogP contribution in [0, 0.1) is 0 Å². The Balaban J connectivity index is 2.44. The molecule has 114 valence electrons. The number of hydrogen-bond donors (Lipinski definition) is 0. The average Bonchev–Trinajstić information content (AvgIpc) is 2.27. The molecule has 0 radical (unpaired) electrons. The summed E-state index contributed by atoms with van der Waals surface area (Å²) in [6.07, 6.45) is -14.8. The second kappa shape index (κ2) is 6.66. The topological polar surface area (TPSA) is 18.5 Å². The van der Waals surface area contributed by atoms with Crippen LogP contribution < -0.4 is 4.74 Å². The van der Waals surface area contributed by atoms with Crippen molar-refractivity contribution in [2.45, 2.75) is 18.5 Å². The highest BCUT2D eigenvalue weighted by molar-refractivity contribution is 9.10. The highest BCUT2D eigenvalue weighted by atomic mass is 79.9. The molecule has 0 saturated heterocycles. The first-order valence-electron chi connectivity index (χ1n) is 5.24. The molecule has 0 amide bonds. The van der Waals surface area contributed by atoms with Gasteiger partial charge in [0.25, 0.3) is 0 Å². The zero-order valence-electron chi connectivity index (χ0n) is 9.76. The van der Waals surface area contributed by atoms with E-state index in [1.165, 1.54) is 12.1 Å². The molecule has 0 aromatic heterocycles. The van der Waals surface area contributed by atoms with E-state index in [9.17, 15) is 26.3 Å². The number of halogens is 7. The van der Waals surface area contributed by atoms with Gasteiger partial charge in [-0.2, -0.15) is 26.3 Å². The van der Waals surface area contributed by atoms with Crippen molar-refractivity contribution in [3.63, 3.8) is 0 Å². The Bertz CT molecular complexity index is 400. The Labute approximate surface area is 118 Å². The minimum atomic E-state index is -5.50. The number of rotatable bonds is 5. The van der Waals surface area contributed by atoms with Crippen molar-refractivity contribution in [1.82, 2.24) is 0 Å². The molecule has 0 fully saturated rings. The average molecular weight is 367 g/mol. The molecule has 1 rings (SSSR count).